The molecule has 0 radical (unpaired) electrons. The molecule has 92 valence electrons. The molecule has 0 saturated heterocycles. The van der Waals surface area contributed by atoms with E-state index in [4.69, 9.17) is 10.8 Å². The minimum absolute atomic E-state index is 0.0325. The summed E-state index contributed by atoms with van der Waals surface area (Å²) < 4.78 is 0. The molecule has 1 aromatic rings. The summed E-state index contributed by atoms with van der Waals surface area (Å²) in [5.41, 5.74) is 6.38. The lowest BCUT2D eigenvalue weighted by atomic mass is 10.1. The average Bonchev–Trinajstić information content (AvgIpc) is 2.76. The molecule has 1 rings (SSSR count). The predicted octanol–water partition coefficient (Wildman–Crippen LogP) is -0.408. The van der Waals surface area contributed by atoms with Gasteiger partial charge in [-0.15, -0.1) is 11.3 Å². The summed E-state index contributed by atoms with van der Waals surface area (Å²) in [5, 5.41) is 11.2. The smallest absolute Gasteiger partial charge is 0.326 e. The lowest BCUT2D eigenvalue weighted by Gasteiger charge is -2.12. The molecule has 1 aromatic heterocycles. The summed E-state index contributed by atoms with van der Waals surface area (Å²) in [6.07, 6.45) is 1.21. The molecule has 0 fully saturated rings. The van der Waals surface area contributed by atoms with Crippen LogP contribution in [0.5, 0.6) is 0 Å². The van der Waals surface area contributed by atoms with Gasteiger partial charge >= 0.3 is 5.97 Å². The second kappa shape index (κ2) is 5.94. The maximum Gasteiger partial charge on any atom is 0.326 e. The number of nitrogens with zero attached hydrogens (tertiary/aromatic N) is 1. The molecule has 2 amide bonds. The Balaban J connectivity index is 2.58. The van der Waals surface area contributed by atoms with Crippen molar-refractivity contribution in [2.75, 3.05) is 0 Å². The van der Waals surface area contributed by atoms with Crippen LogP contribution in [0.1, 0.15) is 22.5 Å². The highest BCUT2D eigenvalue weighted by molar-refractivity contribution is 7.11. The number of amides is 2. The highest BCUT2D eigenvalue weighted by Gasteiger charge is 2.21. The van der Waals surface area contributed by atoms with Gasteiger partial charge in [-0.1, -0.05) is 0 Å². The Morgan fingerprint density at radius 3 is 2.71 bits per heavy atom. The number of carbonyl (C=O) groups excluding carboxylic acids is 2. The largest absolute Gasteiger partial charge is 0.480 e. The number of rotatable bonds is 6. The Labute approximate surface area is 101 Å². The van der Waals surface area contributed by atoms with Crippen molar-refractivity contribution in [3.8, 4) is 0 Å². The Morgan fingerprint density at radius 2 is 2.24 bits per heavy atom. The average molecular weight is 257 g/mol. The van der Waals surface area contributed by atoms with Gasteiger partial charge in [0.15, 0.2) is 0 Å². The lowest BCUT2D eigenvalue weighted by molar-refractivity contribution is -0.139. The van der Waals surface area contributed by atoms with Gasteiger partial charge in [0.1, 0.15) is 10.9 Å². The van der Waals surface area contributed by atoms with Gasteiger partial charge < -0.3 is 16.2 Å². The zero-order chi connectivity index (χ0) is 12.8. The minimum atomic E-state index is -1.20. The van der Waals surface area contributed by atoms with Gasteiger partial charge in [-0.05, 0) is 6.42 Å². The van der Waals surface area contributed by atoms with Crippen LogP contribution in [-0.2, 0) is 9.59 Å². The fourth-order valence-electron chi connectivity index (χ4n) is 1.10. The third kappa shape index (κ3) is 4.19. The quantitative estimate of drug-likeness (QED) is 0.639. The zero-order valence-corrected chi connectivity index (χ0v) is 9.57. The van der Waals surface area contributed by atoms with Crippen LogP contribution in [-0.4, -0.2) is 33.9 Å². The maximum absolute atomic E-state index is 11.5. The van der Waals surface area contributed by atoms with Gasteiger partial charge in [0.05, 0.1) is 11.7 Å². The van der Waals surface area contributed by atoms with Crippen molar-refractivity contribution < 1.29 is 19.5 Å². The summed E-state index contributed by atoms with van der Waals surface area (Å²) in [5.74, 6) is -2.34. The molecule has 0 unspecified atom stereocenters. The van der Waals surface area contributed by atoms with Crippen LogP contribution >= 0.6 is 11.3 Å². The van der Waals surface area contributed by atoms with Crippen LogP contribution in [0, 0.1) is 0 Å². The van der Waals surface area contributed by atoms with Crippen LogP contribution in [0.4, 0.5) is 0 Å². The Bertz CT molecular complexity index is 418. The normalized spacial score (nSPS) is 11.8. The zero-order valence-electron chi connectivity index (χ0n) is 8.75. The first-order valence-corrected chi connectivity index (χ1v) is 5.59. The Kier molecular flexibility index (Phi) is 4.58. The number of hydrogen-bond acceptors (Lipinski definition) is 5. The van der Waals surface area contributed by atoms with Gasteiger partial charge in [-0.3, -0.25) is 14.6 Å². The summed E-state index contributed by atoms with van der Waals surface area (Å²) in [7, 11) is 0. The fourth-order valence-corrected chi connectivity index (χ4v) is 1.62. The molecule has 7 nitrogen and oxygen atoms in total. The van der Waals surface area contributed by atoms with Crippen molar-refractivity contribution in [3.63, 3.8) is 0 Å². The van der Waals surface area contributed by atoms with Crippen LogP contribution < -0.4 is 11.1 Å². The highest BCUT2D eigenvalue weighted by atomic mass is 32.1. The molecule has 0 spiro atoms. The first kappa shape index (κ1) is 13.1. The van der Waals surface area contributed by atoms with E-state index in [0.29, 0.717) is 4.88 Å². The number of aliphatic carboxylic acids is 1. The molecule has 0 aliphatic heterocycles. The number of carboxylic acids is 1. The second-order valence-corrected chi connectivity index (χ2v) is 4.12. The van der Waals surface area contributed by atoms with E-state index in [2.05, 4.69) is 10.3 Å². The van der Waals surface area contributed by atoms with Gasteiger partial charge in [0, 0.05) is 6.42 Å². The van der Waals surface area contributed by atoms with Gasteiger partial charge in [0.25, 0.3) is 5.91 Å². The molecule has 1 atom stereocenters. The number of nitrogens with two attached hydrogens (primary N) is 1. The molecule has 8 heteroatoms. The van der Waals surface area contributed by atoms with Crippen molar-refractivity contribution in [1.29, 1.82) is 0 Å². The highest BCUT2D eigenvalue weighted by Crippen LogP contribution is 2.06. The monoisotopic (exact) mass is 257 g/mol. The Morgan fingerprint density at radius 1 is 1.53 bits per heavy atom. The number of carbonyl (C=O) groups is 3. The molecular weight excluding hydrogens is 246 g/mol. The molecule has 0 aliphatic carbocycles. The molecule has 0 saturated carbocycles. The lowest BCUT2D eigenvalue weighted by Crippen LogP contribution is -2.41. The van der Waals surface area contributed by atoms with Gasteiger partial charge in [0.2, 0.25) is 5.91 Å². The van der Waals surface area contributed by atoms with Crippen LogP contribution in [0.15, 0.2) is 11.7 Å². The van der Waals surface area contributed by atoms with E-state index >= 15 is 0 Å². The fraction of sp³-hybridized carbons (Fsp3) is 0.333. The number of thiazole rings is 1. The summed E-state index contributed by atoms with van der Waals surface area (Å²) in [4.78, 5) is 37.0. The topological polar surface area (TPSA) is 122 Å². The van der Waals surface area contributed by atoms with Crippen molar-refractivity contribution in [1.82, 2.24) is 10.3 Å². The maximum atomic E-state index is 11.5. The number of aromatic nitrogens is 1. The minimum Gasteiger partial charge on any atom is -0.480 e. The molecule has 0 aromatic carbocycles. The van der Waals surface area contributed by atoms with Crippen LogP contribution in [0.2, 0.25) is 0 Å². The van der Waals surface area contributed by atoms with E-state index in [1.54, 1.807) is 0 Å². The molecule has 17 heavy (non-hydrogen) atoms. The van der Waals surface area contributed by atoms with Crippen molar-refractivity contribution in [2.45, 2.75) is 18.9 Å². The molecule has 0 bridgehead atoms. The number of carboxylic acid groups (broad SMARTS) is 1. The van der Waals surface area contributed by atoms with E-state index in [0.717, 1.165) is 11.3 Å². The molecular formula is C9H11N3O4S. The number of hydrogen-bond donors (Lipinski definition) is 3. The van der Waals surface area contributed by atoms with Crippen LogP contribution in [0.3, 0.4) is 0 Å². The first-order valence-electron chi connectivity index (χ1n) is 4.71. The van der Waals surface area contributed by atoms with E-state index < -0.39 is 23.8 Å². The van der Waals surface area contributed by atoms with E-state index in [1.165, 1.54) is 11.7 Å². The van der Waals surface area contributed by atoms with Gasteiger partial charge in [-0.2, -0.15) is 0 Å². The summed E-state index contributed by atoms with van der Waals surface area (Å²) >= 11 is 1.10. The van der Waals surface area contributed by atoms with E-state index in [1.807, 2.05) is 0 Å². The van der Waals surface area contributed by atoms with Crippen molar-refractivity contribution >= 4 is 29.1 Å². The third-order valence-electron chi connectivity index (χ3n) is 1.94. The molecule has 4 N–H and O–H groups in total. The van der Waals surface area contributed by atoms with Crippen molar-refractivity contribution in [2.24, 2.45) is 5.73 Å². The molecule has 1 heterocycles. The Hall–Kier alpha value is -1.96. The molecule has 0 aliphatic rings. The summed E-state index contributed by atoms with van der Waals surface area (Å²) in [6.45, 7) is 0. The van der Waals surface area contributed by atoms with Crippen molar-refractivity contribution in [3.05, 3.63) is 16.6 Å². The number of nitrogens with one attached hydrogen (secondary N) is 1. The standard InChI is InChI=1S/C9H11N3O4S/c10-7(13)2-1-5(9(15)16)12-8(14)6-3-11-4-17-6/h3-5H,1-2H2,(H2,10,13)(H,12,14)(H,15,16)/t5-/m0/s1. The summed E-state index contributed by atoms with van der Waals surface area (Å²) in [6, 6.07) is -1.13. The van der Waals surface area contributed by atoms with E-state index in [-0.39, 0.29) is 12.8 Å². The third-order valence-corrected chi connectivity index (χ3v) is 2.71. The number of primary amides is 1. The van der Waals surface area contributed by atoms with E-state index in [9.17, 15) is 14.4 Å². The second-order valence-electron chi connectivity index (χ2n) is 3.23. The predicted molar refractivity (Wildman–Crippen MR) is 59.4 cm³/mol. The first-order chi connectivity index (χ1) is 8.00. The van der Waals surface area contributed by atoms with Gasteiger partial charge in [-0.25, -0.2) is 4.79 Å². The SMILES string of the molecule is NC(=O)CC[C@H](NC(=O)c1cncs1)C(=O)O. The van der Waals surface area contributed by atoms with Crippen LogP contribution in [0.25, 0.3) is 0 Å².